The molecule has 1 fully saturated rings. The van der Waals surface area contributed by atoms with Crippen LogP contribution in [-0.2, 0) is 4.74 Å². The maximum atomic E-state index is 12.2. The molecule has 1 aliphatic heterocycles. The van der Waals surface area contributed by atoms with E-state index in [9.17, 15) is 4.79 Å². The summed E-state index contributed by atoms with van der Waals surface area (Å²) in [6.45, 7) is 1.61. The molecule has 1 aliphatic rings. The number of aliphatic hydroxyl groups excluding tert-OH is 1. The standard InChI is InChI=1S/C12H19N5O3/c13-14-11-2-1-10(15-16-11)12(19)17-5-3-9(4-6-17)20-8-7-18/h1-2,9,18H,3-8,13H2,(H,14,16). The van der Waals surface area contributed by atoms with Gasteiger partial charge < -0.3 is 20.2 Å². The average Bonchev–Trinajstić information content (AvgIpc) is 2.53. The van der Waals surface area contributed by atoms with Crippen LogP contribution in [0.2, 0.25) is 0 Å². The Labute approximate surface area is 116 Å². The van der Waals surface area contributed by atoms with Crippen molar-refractivity contribution in [1.82, 2.24) is 15.1 Å². The van der Waals surface area contributed by atoms with Gasteiger partial charge in [-0.2, -0.15) is 0 Å². The van der Waals surface area contributed by atoms with Crippen molar-refractivity contribution >= 4 is 11.7 Å². The van der Waals surface area contributed by atoms with Crippen molar-refractivity contribution in [3.63, 3.8) is 0 Å². The number of amides is 1. The summed E-state index contributed by atoms with van der Waals surface area (Å²) < 4.78 is 5.46. The summed E-state index contributed by atoms with van der Waals surface area (Å²) in [5.41, 5.74) is 2.67. The molecule has 0 saturated carbocycles. The van der Waals surface area contributed by atoms with Gasteiger partial charge in [0.1, 0.15) is 0 Å². The molecule has 20 heavy (non-hydrogen) atoms. The van der Waals surface area contributed by atoms with E-state index >= 15 is 0 Å². The zero-order valence-corrected chi connectivity index (χ0v) is 11.2. The van der Waals surface area contributed by atoms with Crippen LogP contribution < -0.4 is 11.3 Å². The number of aromatic nitrogens is 2. The van der Waals surface area contributed by atoms with Crippen LogP contribution >= 0.6 is 0 Å². The summed E-state index contributed by atoms with van der Waals surface area (Å²) in [4.78, 5) is 13.9. The zero-order valence-electron chi connectivity index (χ0n) is 11.2. The van der Waals surface area contributed by atoms with Crippen LogP contribution in [-0.4, -0.2) is 58.5 Å². The highest BCUT2D eigenvalue weighted by atomic mass is 16.5. The summed E-state index contributed by atoms with van der Waals surface area (Å²) in [6.07, 6.45) is 1.64. The zero-order chi connectivity index (χ0) is 14.4. The Kier molecular flexibility index (Phi) is 5.22. The molecule has 0 radical (unpaired) electrons. The number of carbonyl (C=O) groups excluding carboxylic acids is 1. The molecule has 0 bridgehead atoms. The van der Waals surface area contributed by atoms with Crippen molar-refractivity contribution in [2.45, 2.75) is 18.9 Å². The van der Waals surface area contributed by atoms with Crippen molar-refractivity contribution in [2.24, 2.45) is 5.84 Å². The Morgan fingerprint density at radius 3 is 2.75 bits per heavy atom. The van der Waals surface area contributed by atoms with Crippen molar-refractivity contribution in [2.75, 3.05) is 31.7 Å². The number of carbonyl (C=O) groups is 1. The second kappa shape index (κ2) is 7.13. The third kappa shape index (κ3) is 3.62. The van der Waals surface area contributed by atoms with Gasteiger partial charge in [0.2, 0.25) is 0 Å². The molecule has 0 aliphatic carbocycles. The lowest BCUT2D eigenvalue weighted by Crippen LogP contribution is -2.41. The third-order valence-electron chi connectivity index (χ3n) is 3.21. The number of anilines is 1. The quantitative estimate of drug-likeness (QED) is 0.486. The molecule has 0 spiro atoms. The first-order valence-corrected chi connectivity index (χ1v) is 6.56. The number of nitrogens with two attached hydrogens (primary N) is 1. The van der Waals surface area contributed by atoms with Gasteiger partial charge in [0.05, 0.1) is 19.3 Å². The van der Waals surface area contributed by atoms with Crippen LogP contribution in [0.4, 0.5) is 5.82 Å². The SMILES string of the molecule is NNc1ccc(C(=O)N2CCC(OCCO)CC2)nn1. The van der Waals surface area contributed by atoms with Crippen molar-refractivity contribution < 1.29 is 14.6 Å². The molecule has 110 valence electrons. The van der Waals surface area contributed by atoms with E-state index < -0.39 is 0 Å². The first-order chi connectivity index (χ1) is 9.74. The van der Waals surface area contributed by atoms with Gasteiger partial charge in [0.25, 0.3) is 5.91 Å². The first kappa shape index (κ1) is 14.6. The molecule has 1 saturated heterocycles. The molecule has 1 amide bonds. The highest BCUT2D eigenvalue weighted by Crippen LogP contribution is 2.15. The van der Waals surface area contributed by atoms with Gasteiger partial charge in [-0.15, -0.1) is 10.2 Å². The summed E-state index contributed by atoms with van der Waals surface area (Å²) in [6, 6.07) is 3.20. The van der Waals surface area contributed by atoms with Gasteiger partial charge in [-0.25, -0.2) is 5.84 Å². The fourth-order valence-corrected chi connectivity index (χ4v) is 2.13. The van der Waals surface area contributed by atoms with Crippen LogP contribution in [0.3, 0.4) is 0 Å². The number of rotatable bonds is 5. The Bertz CT molecular complexity index is 431. The largest absolute Gasteiger partial charge is 0.394 e. The normalized spacial score (nSPS) is 16.2. The highest BCUT2D eigenvalue weighted by Gasteiger charge is 2.24. The summed E-state index contributed by atoms with van der Waals surface area (Å²) in [7, 11) is 0. The molecule has 0 atom stereocenters. The van der Waals surface area contributed by atoms with Gasteiger partial charge in [-0.3, -0.25) is 4.79 Å². The van der Waals surface area contributed by atoms with E-state index in [-0.39, 0.29) is 18.6 Å². The Balaban J connectivity index is 1.87. The lowest BCUT2D eigenvalue weighted by molar-refractivity contribution is -0.00566. The van der Waals surface area contributed by atoms with Crippen molar-refractivity contribution in [3.8, 4) is 0 Å². The minimum atomic E-state index is -0.137. The fraction of sp³-hybridized carbons (Fsp3) is 0.583. The van der Waals surface area contributed by atoms with E-state index in [1.165, 1.54) is 0 Å². The number of hydrazine groups is 1. The lowest BCUT2D eigenvalue weighted by atomic mass is 10.1. The molecule has 1 aromatic heterocycles. The van der Waals surface area contributed by atoms with E-state index in [0.717, 1.165) is 12.8 Å². The van der Waals surface area contributed by atoms with Crippen LogP contribution in [0.5, 0.6) is 0 Å². The fourth-order valence-electron chi connectivity index (χ4n) is 2.13. The molecule has 1 aromatic rings. The first-order valence-electron chi connectivity index (χ1n) is 6.56. The predicted octanol–water partition coefficient (Wildman–Crippen LogP) is -0.624. The van der Waals surface area contributed by atoms with E-state index in [0.29, 0.717) is 31.2 Å². The average molecular weight is 281 g/mol. The topological polar surface area (TPSA) is 114 Å². The highest BCUT2D eigenvalue weighted by molar-refractivity contribution is 5.92. The second-order valence-electron chi connectivity index (χ2n) is 4.53. The number of nitrogens with zero attached hydrogens (tertiary/aromatic N) is 3. The van der Waals surface area contributed by atoms with E-state index in [1.54, 1.807) is 17.0 Å². The van der Waals surface area contributed by atoms with Gasteiger partial charge in [-0.1, -0.05) is 0 Å². The molecular formula is C12H19N5O3. The summed E-state index contributed by atoms with van der Waals surface area (Å²) in [5, 5.41) is 16.3. The molecule has 0 aromatic carbocycles. The van der Waals surface area contributed by atoms with Crippen LogP contribution in [0.1, 0.15) is 23.3 Å². The number of aliphatic hydroxyl groups is 1. The number of hydrogen-bond acceptors (Lipinski definition) is 7. The minimum absolute atomic E-state index is 0.0241. The predicted molar refractivity (Wildman–Crippen MR) is 71.8 cm³/mol. The molecular weight excluding hydrogens is 262 g/mol. The van der Waals surface area contributed by atoms with E-state index in [1.807, 2.05) is 0 Å². The lowest BCUT2D eigenvalue weighted by Gasteiger charge is -2.31. The summed E-state index contributed by atoms with van der Waals surface area (Å²) >= 11 is 0. The Morgan fingerprint density at radius 2 is 2.20 bits per heavy atom. The Hall–Kier alpha value is -1.77. The van der Waals surface area contributed by atoms with Crippen LogP contribution in [0.15, 0.2) is 12.1 Å². The number of hydrogen-bond donors (Lipinski definition) is 3. The van der Waals surface area contributed by atoms with Crippen LogP contribution in [0, 0.1) is 0 Å². The molecule has 8 heteroatoms. The molecule has 2 rings (SSSR count). The van der Waals surface area contributed by atoms with Crippen LogP contribution in [0.25, 0.3) is 0 Å². The molecule has 0 unspecified atom stereocenters. The number of nitrogens with one attached hydrogen (secondary N) is 1. The van der Waals surface area contributed by atoms with E-state index in [4.69, 9.17) is 15.7 Å². The maximum absolute atomic E-state index is 12.2. The summed E-state index contributed by atoms with van der Waals surface area (Å²) in [5.74, 6) is 5.47. The van der Waals surface area contributed by atoms with Gasteiger partial charge in [0, 0.05) is 13.1 Å². The second-order valence-corrected chi connectivity index (χ2v) is 4.53. The number of ether oxygens (including phenoxy) is 1. The third-order valence-corrected chi connectivity index (χ3v) is 3.21. The molecule has 2 heterocycles. The monoisotopic (exact) mass is 281 g/mol. The number of piperidine rings is 1. The number of nitrogen functional groups attached to an aromatic ring is 1. The molecule has 8 nitrogen and oxygen atoms in total. The van der Waals surface area contributed by atoms with E-state index in [2.05, 4.69) is 15.6 Å². The molecule has 4 N–H and O–H groups in total. The number of likely N-dealkylation sites (tertiary alicyclic amines) is 1. The minimum Gasteiger partial charge on any atom is -0.394 e. The maximum Gasteiger partial charge on any atom is 0.274 e. The Morgan fingerprint density at radius 1 is 1.45 bits per heavy atom. The smallest absolute Gasteiger partial charge is 0.274 e. The van der Waals surface area contributed by atoms with Gasteiger partial charge in [0.15, 0.2) is 11.5 Å². The van der Waals surface area contributed by atoms with Crippen molar-refractivity contribution in [1.29, 1.82) is 0 Å². The van der Waals surface area contributed by atoms with Crippen molar-refractivity contribution in [3.05, 3.63) is 17.8 Å². The van der Waals surface area contributed by atoms with Gasteiger partial charge in [-0.05, 0) is 25.0 Å². The van der Waals surface area contributed by atoms with Gasteiger partial charge >= 0.3 is 0 Å².